The summed E-state index contributed by atoms with van der Waals surface area (Å²) in [5.41, 5.74) is 13.3. The first-order chi connectivity index (χ1) is 20.2. The Kier molecular flexibility index (Phi) is 7.60. The SMILES string of the molecule is C=C/C=C(\C=C/C)Cc1ccc(-c2cc(-c3ccccc3)cc(-c3ccccc3)c2)c(-c2cccc3cc[nH]c23)c1. The molecule has 0 atom stereocenters. The number of fused-ring (bicyclic) bond motifs is 1. The van der Waals surface area contributed by atoms with Gasteiger partial charge in [-0.25, -0.2) is 0 Å². The minimum Gasteiger partial charge on any atom is -0.361 e. The number of H-pyrrole nitrogens is 1. The highest BCUT2D eigenvalue weighted by atomic mass is 14.7. The van der Waals surface area contributed by atoms with Crippen LogP contribution in [-0.4, -0.2) is 4.98 Å². The van der Waals surface area contributed by atoms with Gasteiger partial charge in [-0.2, -0.15) is 0 Å². The smallest absolute Gasteiger partial charge is 0.0533 e. The minimum atomic E-state index is 0.837. The number of para-hydroxylation sites is 1. The van der Waals surface area contributed by atoms with Gasteiger partial charge in [-0.1, -0.05) is 128 Å². The Morgan fingerprint density at radius 2 is 1.32 bits per heavy atom. The van der Waals surface area contributed by atoms with E-state index in [1.165, 1.54) is 61.0 Å². The predicted octanol–water partition coefficient (Wildman–Crippen LogP) is 11.1. The van der Waals surface area contributed by atoms with Crippen molar-refractivity contribution in [1.82, 2.24) is 4.98 Å². The first-order valence-corrected chi connectivity index (χ1v) is 14.1. The number of nitrogens with one attached hydrogen (secondary N) is 1. The second-order valence-corrected chi connectivity index (χ2v) is 10.3. The van der Waals surface area contributed by atoms with Gasteiger partial charge in [-0.15, -0.1) is 0 Å². The number of aromatic nitrogens is 1. The van der Waals surface area contributed by atoms with E-state index in [0.29, 0.717) is 0 Å². The number of aromatic amines is 1. The zero-order valence-corrected chi connectivity index (χ0v) is 23.3. The highest BCUT2D eigenvalue weighted by Crippen LogP contribution is 2.40. The van der Waals surface area contributed by atoms with E-state index >= 15 is 0 Å². The summed E-state index contributed by atoms with van der Waals surface area (Å²) in [5.74, 6) is 0. The molecular weight excluding hydrogens is 494 g/mol. The first-order valence-electron chi connectivity index (χ1n) is 14.1. The van der Waals surface area contributed by atoms with Gasteiger partial charge in [0.2, 0.25) is 0 Å². The third-order valence-electron chi connectivity index (χ3n) is 7.54. The number of hydrogen-bond acceptors (Lipinski definition) is 0. The molecule has 1 aromatic heterocycles. The van der Waals surface area contributed by atoms with Gasteiger partial charge >= 0.3 is 0 Å². The van der Waals surface area contributed by atoms with Crippen LogP contribution in [0, 0.1) is 0 Å². The second kappa shape index (κ2) is 11.9. The third-order valence-corrected chi connectivity index (χ3v) is 7.54. The molecule has 0 unspecified atom stereocenters. The largest absolute Gasteiger partial charge is 0.361 e. The molecule has 5 aromatic carbocycles. The van der Waals surface area contributed by atoms with Gasteiger partial charge in [0.05, 0.1) is 5.52 Å². The maximum atomic E-state index is 3.92. The Morgan fingerprint density at radius 1 is 0.634 bits per heavy atom. The quantitative estimate of drug-likeness (QED) is 0.189. The average molecular weight is 528 g/mol. The molecular formula is C40H33N. The van der Waals surface area contributed by atoms with Crippen molar-refractivity contribution in [2.75, 3.05) is 0 Å². The molecule has 0 amide bonds. The van der Waals surface area contributed by atoms with E-state index < -0.39 is 0 Å². The highest BCUT2D eigenvalue weighted by Gasteiger charge is 2.15. The zero-order valence-electron chi connectivity index (χ0n) is 23.3. The Morgan fingerprint density at radius 3 is 1.98 bits per heavy atom. The zero-order chi connectivity index (χ0) is 28.0. The van der Waals surface area contributed by atoms with E-state index in [-0.39, 0.29) is 0 Å². The lowest BCUT2D eigenvalue weighted by molar-refractivity contribution is 1.20. The summed E-state index contributed by atoms with van der Waals surface area (Å²) in [5, 5.41) is 1.21. The number of allylic oxidation sites excluding steroid dienone is 5. The van der Waals surface area contributed by atoms with Crippen molar-refractivity contribution >= 4 is 10.9 Å². The lowest BCUT2D eigenvalue weighted by atomic mass is 9.87. The van der Waals surface area contributed by atoms with Crippen molar-refractivity contribution in [2.45, 2.75) is 13.3 Å². The van der Waals surface area contributed by atoms with Crippen molar-refractivity contribution < 1.29 is 0 Å². The molecule has 1 N–H and O–H groups in total. The molecule has 0 bridgehead atoms. The minimum absolute atomic E-state index is 0.837. The fraction of sp³-hybridized carbons (Fsp3) is 0.0500. The van der Waals surface area contributed by atoms with E-state index in [1.54, 1.807) is 0 Å². The standard InChI is InChI=1S/C40H33N/c1-3-12-29(13-4-2)24-30-20-21-37(39(25-30)38-19-11-18-33-22-23-41-40(33)38)36-27-34(31-14-7-5-8-15-31)26-35(28-36)32-16-9-6-10-17-32/h3-23,25-28,41H,1,24H2,2H3/b13-4-,29-12+. The van der Waals surface area contributed by atoms with Gasteiger partial charge in [0.15, 0.2) is 0 Å². The van der Waals surface area contributed by atoms with E-state index in [0.717, 1.165) is 11.9 Å². The summed E-state index contributed by atoms with van der Waals surface area (Å²) in [6, 6.07) is 43.9. The molecule has 0 fully saturated rings. The summed E-state index contributed by atoms with van der Waals surface area (Å²) < 4.78 is 0. The van der Waals surface area contributed by atoms with Gasteiger partial charge in [0.1, 0.15) is 0 Å². The van der Waals surface area contributed by atoms with Crippen LogP contribution in [0.5, 0.6) is 0 Å². The van der Waals surface area contributed by atoms with Crippen LogP contribution in [0.3, 0.4) is 0 Å². The van der Waals surface area contributed by atoms with E-state index in [9.17, 15) is 0 Å². The van der Waals surface area contributed by atoms with Crippen molar-refractivity contribution in [2.24, 2.45) is 0 Å². The van der Waals surface area contributed by atoms with E-state index in [4.69, 9.17) is 0 Å². The molecule has 0 aliphatic rings. The Bertz CT molecular complexity index is 1810. The van der Waals surface area contributed by atoms with Gasteiger partial charge in [0.25, 0.3) is 0 Å². The maximum absolute atomic E-state index is 3.92. The van der Waals surface area contributed by atoms with Gasteiger partial charge in [0, 0.05) is 11.8 Å². The van der Waals surface area contributed by atoms with Crippen molar-refractivity contribution in [3.63, 3.8) is 0 Å². The molecule has 0 radical (unpaired) electrons. The normalized spacial score (nSPS) is 11.8. The molecule has 0 aliphatic heterocycles. The lowest BCUT2D eigenvalue weighted by Crippen LogP contribution is -1.94. The predicted molar refractivity (Wildman–Crippen MR) is 177 cm³/mol. The molecule has 1 heteroatoms. The maximum Gasteiger partial charge on any atom is 0.0533 e. The summed E-state index contributed by atoms with van der Waals surface area (Å²) in [6.45, 7) is 5.98. The molecule has 41 heavy (non-hydrogen) atoms. The first kappa shape index (κ1) is 26.1. The fourth-order valence-electron chi connectivity index (χ4n) is 5.64. The lowest BCUT2D eigenvalue weighted by Gasteiger charge is -2.17. The fourth-order valence-corrected chi connectivity index (χ4v) is 5.64. The second-order valence-electron chi connectivity index (χ2n) is 10.3. The molecule has 0 saturated carbocycles. The summed E-state index contributed by atoms with van der Waals surface area (Å²) in [4.78, 5) is 3.50. The van der Waals surface area contributed by atoms with Crippen LogP contribution < -0.4 is 0 Å². The van der Waals surface area contributed by atoms with Crippen LogP contribution in [0.25, 0.3) is 55.4 Å². The topological polar surface area (TPSA) is 15.8 Å². The van der Waals surface area contributed by atoms with Crippen LogP contribution in [-0.2, 0) is 6.42 Å². The Labute approximate surface area is 242 Å². The number of hydrogen-bond donors (Lipinski definition) is 1. The number of rotatable bonds is 8. The monoisotopic (exact) mass is 527 g/mol. The van der Waals surface area contributed by atoms with E-state index in [2.05, 4.69) is 158 Å². The van der Waals surface area contributed by atoms with Crippen LogP contribution >= 0.6 is 0 Å². The average Bonchev–Trinajstić information content (AvgIpc) is 3.51. The van der Waals surface area contributed by atoms with Crippen LogP contribution in [0.1, 0.15) is 12.5 Å². The van der Waals surface area contributed by atoms with Crippen molar-refractivity contribution in [1.29, 1.82) is 0 Å². The molecule has 1 nitrogen and oxygen atoms in total. The van der Waals surface area contributed by atoms with Crippen molar-refractivity contribution in [3.05, 3.63) is 170 Å². The Hall–Kier alpha value is -5.14. The van der Waals surface area contributed by atoms with Crippen LogP contribution in [0.15, 0.2) is 164 Å². The van der Waals surface area contributed by atoms with E-state index in [1.807, 2.05) is 12.3 Å². The number of benzene rings is 5. The summed E-state index contributed by atoms with van der Waals surface area (Å²) in [7, 11) is 0. The third kappa shape index (κ3) is 5.62. The van der Waals surface area contributed by atoms with Crippen LogP contribution in [0.4, 0.5) is 0 Å². The Balaban J connectivity index is 1.59. The molecule has 0 spiro atoms. The summed E-state index contributed by atoms with van der Waals surface area (Å²) >= 11 is 0. The highest BCUT2D eigenvalue weighted by molar-refractivity contribution is 5.99. The molecule has 6 aromatic rings. The molecule has 198 valence electrons. The van der Waals surface area contributed by atoms with Gasteiger partial charge in [-0.3, -0.25) is 0 Å². The molecule has 1 heterocycles. The van der Waals surface area contributed by atoms with Crippen molar-refractivity contribution in [3.8, 4) is 44.5 Å². The van der Waals surface area contributed by atoms with Gasteiger partial charge < -0.3 is 4.98 Å². The summed E-state index contributed by atoms with van der Waals surface area (Å²) in [6.07, 6.45) is 11.1. The molecule has 6 rings (SSSR count). The molecule has 0 saturated heterocycles. The van der Waals surface area contributed by atoms with Crippen LogP contribution in [0.2, 0.25) is 0 Å². The van der Waals surface area contributed by atoms with Gasteiger partial charge in [-0.05, 0) is 93.1 Å². The molecule has 0 aliphatic carbocycles.